The second-order valence-electron chi connectivity index (χ2n) is 5.58. The molecule has 5 heteroatoms. The molecule has 5 nitrogen and oxygen atoms in total. The Hall–Kier alpha value is -2.27. The highest BCUT2D eigenvalue weighted by atomic mass is 16.3. The molecule has 0 saturated carbocycles. The molecule has 0 bridgehead atoms. The van der Waals surface area contributed by atoms with Gasteiger partial charge < -0.3 is 8.98 Å². The average Bonchev–Trinajstić information content (AvgIpc) is 3.20. The number of nitrogens with zero attached hydrogens (tertiary/aromatic N) is 4. The molecule has 4 rings (SSSR count). The topological polar surface area (TPSA) is 39.1 Å². The first-order valence-corrected chi connectivity index (χ1v) is 7.19. The summed E-state index contributed by atoms with van der Waals surface area (Å²) < 4.78 is 9.64. The largest absolute Gasteiger partial charge is 0.468 e. The lowest BCUT2D eigenvalue weighted by Gasteiger charge is -2.13. The van der Waals surface area contributed by atoms with E-state index in [9.17, 15) is 0 Å². The fourth-order valence-corrected chi connectivity index (χ4v) is 3.05. The summed E-state index contributed by atoms with van der Waals surface area (Å²) in [5, 5.41) is 4.68. The molecular weight excluding hydrogens is 264 g/mol. The van der Waals surface area contributed by atoms with Crippen molar-refractivity contribution in [3.8, 4) is 0 Å². The molecule has 0 unspecified atom stereocenters. The van der Waals surface area contributed by atoms with Crippen molar-refractivity contribution < 1.29 is 4.42 Å². The van der Waals surface area contributed by atoms with Gasteiger partial charge in [-0.15, -0.1) is 0 Å². The Bertz CT molecular complexity index is 725. The van der Waals surface area contributed by atoms with Crippen molar-refractivity contribution in [1.82, 2.24) is 19.2 Å². The minimum atomic E-state index is 0.838. The summed E-state index contributed by atoms with van der Waals surface area (Å²) in [7, 11) is 2.04. The number of hydrogen-bond acceptors (Lipinski definition) is 3. The molecule has 0 fully saturated rings. The molecular formula is C16H18N4O. The standard InChI is InChI=1S/C16H18N4O/c1-18-16-12-20(9-13-5-4-8-21-13)10-14(16)15(17-18)11-19-6-2-3-7-19/h2-8H,9-12H2,1H3. The number of aromatic nitrogens is 3. The van der Waals surface area contributed by atoms with Gasteiger partial charge in [0.05, 0.1) is 30.7 Å². The van der Waals surface area contributed by atoms with E-state index in [0.29, 0.717) is 0 Å². The summed E-state index contributed by atoms with van der Waals surface area (Å²) in [5.41, 5.74) is 3.87. The van der Waals surface area contributed by atoms with E-state index in [4.69, 9.17) is 4.42 Å². The van der Waals surface area contributed by atoms with Crippen LogP contribution in [0, 0.1) is 0 Å². The summed E-state index contributed by atoms with van der Waals surface area (Å²) in [4.78, 5) is 2.39. The fourth-order valence-electron chi connectivity index (χ4n) is 3.05. The van der Waals surface area contributed by atoms with Gasteiger partial charge in [-0.05, 0) is 24.3 Å². The van der Waals surface area contributed by atoms with E-state index in [0.717, 1.165) is 31.9 Å². The van der Waals surface area contributed by atoms with Gasteiger partial charge in [-0.2, -0.15) is 5.10 Å². The zero-order valence-electron chi connectivity index (χ0n) is 12.1. The lowest BCUT2D eigenvalue weighted by molar-refractivity contribution is 0.245. The van der Waals surface area contributed by atoms with Crippen LogP contribution in [-0.2, 0) is 33.2 Å². The van der Waals surface area contributed by atoms with Crippen LogP contribution in [0.3, 0.4) is 0 Å². The van der Waals surface area contributed by atoms with E-state index in [-0.39, 0.29) is 0 Å². The predicted octanol–water partition coefficient (Wildman–Crippen LogP) is 2.38. The Morgan fingerprint density at radius 3 is 2.76 bits per heavy atom. The highest BCUT2D eigenvalue weighted by Crippen LogP contribution is 2.27. The number of rotatable bonds is 4. The van der Waals surface area contributed by atoms with Gasteiger partial charge in [-0.3, -0.25) is 9.58 Å². The van der Waals surface area contributed by atoms with Gasteiger partial charge in [0.15, 0.2) is 0 Å². The zero-order valence-corrected chi connectivity index (χ0v) is 12.1. The lowest BCUT2D eigenvalue weighted by Crippen LogP contribution is -2.17. The molecule has 1 aliphatic rings. The first kappa shape index (κ1) is 12.5. The molecule has 3 aromatic heterocycles. The smallest absolute Gasteiger partial charge is 0.117 e. The number of furan rings is 1. The van der Waals surface area contributed by atoms with Crippen LogP contribution >= 0.6 is 0 Å². The molecule has 0 aliphatic carbocycles. The van der Waals surface area contributed by atoms with Crippen LogP contribution in [0.2, 0.25) is 0 Å². The lowest BCUT2D eigenvalue weighted by atomic mass is 10.2. The molecule has 0 radical (unpaired) electrons. The third kappa shape index (κ3) is 2.29. The van der Waals surface area contributed by atoms with Gasteiger partial charge in [0.1, 0.15) is 5.76 Å². The normalized spacial score (nSPS) is 14.7. The summed E-state index contributed by atoms with van der Waals surface area (Å²) in [6.07, 6.45) is 5.89. The van der Waals surface area contributed by atoms with E-state index >= 15 is 0 Å². The van der Waals surface area contributed by atoms with Gasteiger partial charge in [0.25, 0.3) is 0 Å². The zero-order chi connectivity index (χ0) is 14.2. The Morgan fingerprint density at radius 2 is 2.00 bits per heavy atom. The third-order valence-electron chi connectivity index (χ3n) is 4.07. The van der Waals surface area contributed by atoms with E-state index in [1.807, 2.05) is 36.0 Å². The number of fused-ring (bicyclic) bond motifs is 1. The first-order valence-electron chi connectivity index (χ1n) is 7.19. The van der Waals surface area contributed by atoms with Gasteiger partial charge >= 0.3 is 0 Å². The van der Waals surface area contributed by atoms with Crippen molar-refractivity contribution in [3.63, 3.8) is 0 Å². The van der Waals surface area contributed by atoms with Gasteiger partial charge in [-0.1, -0.05) is 0 Å². The number of hydrogen-bond donors (Lipinski definition) is 0. The van der Waals surface area contributed by atoms with Crippen molar-refractivity contribution >= 4 is 0 Å². The molecule has 21 heavy (non-hydrogen) atoms. The maximum atomic E-state index is 5.45. The molecule has 0 atom stereocenters. The second-order valence-corrected chi connectivity index (χ2v) is 5.58. The summed E-state index contributed by atoms with van der Waals surface area (Å²) in [6, 6.07) is 8.07. The van der Waals surface area contributed by atoms with Crippen LogP contribution in [0.25, 0.3) is 0 Å². The SMILES string of the molecule is Cn1nc(Cn2cccc2)c2c1CN(Cc1ccco1)C2. The summed E-state index contributed by atoms with van der Waals surface area (Å²) in [5.74, 6) is 1.02. The molecule has 0 saturated heterocycles. The van der Waals surface area contributed by atoms with Gasteiger partial charge in [0.2, 0.25) is 0 Å². The van der Waals surface area contributed by atoms with Gasteiger partial charge in [0, 0.05) is 38.1 Å². The molecule has 0 amide bonds. The van der Waals surface area contributed by atoms with Crippen LogP contribution in [0.5, 0.6) is 0 Å². The summed E-state index contributed by atoms with van der Waals surface area (Å²) >= 11 is 0. The third-order valence-corrected chi connectivity index (χ3v) is 4.07. The van der Waals surface area contributed by atoms with Crippen LogP contribution < -0.4 is 0 Å². The molecule has 3 aromatic rings. The van der Waals surface area contributed by atoms with Crippen LogP contribution in [-0.4, -0.2) is 19.2 Å². The molecule has 4 heterocycles. The maximum absolute atomic E-state index is 5.45. The summed E-state index contributed by atoms with van der Waals surface area (Å²) in [6.45, 7) is 3.57. The van der Waals surface area contributed by atoms with Crippen molar-refractivity contribution in [3.05, 3.63) is 65.6 Å². The van der Waals surface area contributed by atoms with Crippen LogP contribution in [0.15, 0.2) is 47.3 Å². The second kappa shape index (κ2) is 4.93. The molecule has 0 aromatic carbocycles. The molecule has 1 aliphatic heterocycles. The maximum Gasteiger partial charge on any atom is 0.117 e. The average molecular weight is 282 g/mol. The van der Waals surface area contributed by atoms with E-state index in [1.165, 1.54) is 17.0 Å². The Balaban J connectivity index is 1.55. The Labute approximate surface area is 123 Å². The van der Waals surface area contributed by atoms with Crippen LogP contribution in [0.1, 0.15) is 22.7 Å². The fraction of sp³-hybridized carbons (Fsp3) is 0.312. The first-order chi connectivity index (χ1) is 10.3. The molecule has 0 N–H and O–H groups in total. The minimum Gasteiger partial charge on any atom is -0.468 e. The van der Waals surface area contributed by atoms with E-state index in [1.54, 1.807) is 6.26 Å². The minimum absolute atomic E-state index is 0.838. The monoisotopic (exact) mass is 282 g/mol. The van der Waals surface area contributed by atoms with Crippen molar-refractivity contribution in [1.29, 1.82) is 0 Å². The molecule has 0 spiro atoms. The van der Waals surface area contributed by atoms with Crippen molar-refractivity contribution in [2.24, 2.45) is 7.05 Å². The highest BCUT2D eigenvalue weighted by molar-refractivity contribution is 5.30. The van der Waals surface area contributed by atoms with E-state index < -0.39 is 0 Å². The number of aryl methyl sites for hydroxylation is 1. The van der Waals surface area contributed by atoms with Crippen molar-refractivity contribution in [2.75, 3.05) is 0 Å². The predicted molar refractivity (Wildman–Crippen MR) is 78.4 cm³/mol. The highest BCUT2D eigenvalue weighted by Gasteiger charge is 2.27. The van der Waals surface area contributed by atoms with Gasteiger partial charge in [-0.25, -0.2) is 0 Å². The van der Waals surface area contributed by atoms with E-state index in [2.05, 4.69) is 27.0 Å². The van der Waals surface area contributed by atoms with Crippen LogP contribution in [0.4, 0.5) is 0 Å². The Kier molecular flexibility index (Phi) is 2.93. The van der Waals surface area contributed by atoms with Crippen molar-refractivity contribution in [2.45, 2.75) is 26.2 Å². The molecule has 108 valence electrons. The quantitative estimate of drug-likeness (QED) is 0.737. The Morgan fingerprint density at radius 1 is 1.14 bits per heavy atom.